The van der Waals surface area contributed by atoms with Gasteiger partial charge in [-0.2, -0.15) is 0 Å². The molecule has 0 amide bonds. The van der Waals surface area contributed by atoms with Crippen molar-refractivity contribution >= 4 is 0 Å². The van der Waals surface area contributed by atoms with Crippen molar-refractivity contribution in [2.45, 2.75) is 6.42 Å². The third-order valence-corrected chi connectivity index (χ3v) is 1.70. The van der Waals surface area contributed by atoms with Gasteiger partial charge in [-0.1, -0.05) is 36.5 Å². The molecule has 1 nitrogen and oxygen atoms in total. The number of hydrogen-bond donors (Lipinski definition) is 0. The van der Waals surface area contributed by atoms with Crippen LogP contribution in [-0.4, -0.2) is 25.0 Å². The molecule has 1 aliphatic heterocycles. The van der Waals surface area contributed by atoms with E-state index in [-0.39, 0.29) is 0 Å². The van der Waals surface area contributed by atoms with E-state index >= 15 is 0 Å². The molecule has 0 bridgehead atoms. The Morgan fingerprint density at radius 3 is 2.55 bits per heavy atom. The van der Waals surface area contributed by atoms with Crippen LogP contribution in [-0.2, 0) is 0 Å². The van der Waals surface area contributed by atoms with Crippen LogP contribution in [0.5, 0.6) is 0 Å². The molecule has 11 heavy (non-hydrogen) atoms. The van der Waals surface area contributed by atoms with Crippen molar-refractivity contribution in [3.8, 4) is 0 Å². The zero-order valence-corrected chi connectivity index (χ0v) is 7.03. The molecular formula is C10H15N. The van der Waals surface area contributed by atoms with Gasteiger partial charge in [-0.25, -0.2) is 0 Å². The average Bonchev–Trinajstić information content (AvgIpc) is 2.03. The first kappa shape index (κ1) is 8.28. The molecule has 0 spiro atoms. The molecule has 1 heteroatoms. The Bertz CT molecular complexity index is 177. The predicted octanol–water partition coefficient (Wildman–Crippen LogP) is 1.99. The second kappa shape index (κ2) is 4.91. The molecule has 0 aromatic rings. The lowest BCUT2D eigenvalue weighted by atomic mass is 10.3. The summed E-state index contributed by atoms with van der Waals surface area (Å²) in [5.74, 6) is 0. The summed E-state index contributed by atoms with van der Waals surface area (Å²) in [6, 6.07) is 0. The SMILES string of the molecule is CN1C/C=C/C=C\C=C\CC1. The van der Waals surface area contributed by atoms with Crippen LogP contribution in [0.15, 0.2) is 36.5 Å². The second-order valence-corrected chi connectivity index (χ2v) is 2.79. The van der Waals surface area contributed by atoms with Crippen LogP contribution in [0.3, 0.4) is 0 Å². The zero-order valence-electron chi connectivity index (χ0n) is 7.03. The maximum absolute atomic E-state index is 2.31. The predicted molar refractivity (Wildman–Crippen MR) is 49.5 cm³/mol. The highest BCUT2D eigenvalue weighted by molar-refractivity contribution is 5.12. The third kappa shape index (κ3) is 3.79. The molecular weight excluding hydrogens is 134 g/mol. The summed E-state index contributed by atoms with van der Waals surface area (Å²) in [6.07, 6.45) is 13.9. The molecule has 1 aliphatic rings. The highest BCUT2D eigenvalue weighted by Crippen LogP contribution is 1.93. The van der Waals surface area contributed by atoms with Gasteiger partial charge < -0.3 is 4.90 Å². The van der Waals surface area contributed by atoms with E-state index in [0.29, 0.717) is 0 Å². The molecule has 0 saturated heterocycles. The first-order valence-electron chi connectivity index (χ1n) is 4.06. The molecule has 0 saturated carbocycles. The van der Waals surface area contributed by atoms with Gasteiger partial charge in [0.1, 0.15) is 0 Å². The summed E-state index contributed by atoms with van der Waals surface area (Å²) in [5.41, 5.74) is 0. The maximum atomic E-state index is 2.31. The van der Waals surface area contributed by atoms with Crippen molar-refractivity contribution in [3.63, 3.8) is 0 Å². The van der Waals surface area contributed by atoms with Gasteiger partial charge in [0.25, 0.3) is 0 Å². The van der Waals surface area contributed by atoms with Gasteiger partial charge in [0.15, 0.2) is 0 Å². The first-order valence-corrected chi connectivity index (χ1v) is 4.06. The average molecular weight is 149 g/mol. The Balaban J connectivity index is 2.48. The Labute approximate surface area is 68.7 Å². The monoisotopic (exact) mass is 149 g/mol. The van der Waals surface area contributed by atoms with E-state index in [2.05, 4.69) is 48.4 Å². The highest BCUT2D eigenvalue weighted by atomic mass is 15.1. The molecule has 0 aliphatic carbocycles. The Kier molecular flexibility index (Phi) is 3.70. The van der Waals surface area contributed by atoms with Crippen molar-refractivity contribution in [2.75, 3.05) is 20.1 Å². The summed E-state index contributed by atoms with van der Waals surface area (Å²) in [7, 11) is 2.14. The van der Waals surface area contributed by atoms with Crippen LogP contribution >= 0.6 is 0 Å². The third-order valence-electron chi connectivity index (χ3n) is 1.70. The van der Waals surface area contributed by atoms with E-state index in [4.69, 9.17) is 0 Å². The van der Waals surface area contributed by atoms with Crippen LogP contribution in [0.1, 0.15) is 6.42 Å². The van der Waals surface area contributed by atoms with Gasteiger partial charge in [-0.3, -0.25) is 0 Å². The number of allylic oxidation sites excluding steroid dienone is 4. The van der Waals surface area contributed by atoms with Crippen LogP contribution in [0, 0.1) is 0 Å². The largest absolute Gasteiger partial charge is 0.302 e. The van der Waals surface area contributed by atoms with Crippen molar-refractivity contribution in [1.29, 1.82) is 0 Å². The molecule has 1 heterocycles. The lowest BCUT2D eigenvalue weighted by molar-refractivity contribution is 0.378. The van der Waals surface area contributed by atoms with Crippen molar-refractivity contribution < 1.29 is 0 Å². The number of nitrogens with zero attached hydrogens (tertiary/aromatic N) is 1. The van der Waals surface area contributed by atoms with Crippen LogP contribution in [0.2, 0.25) is 0 Å². The summed E-state index contributed by atoms with van der Waals surface area (Å²) < 4.78 is 0. The molecule has 0 unspecified atom stereocenters. The van der Waals surface area contributed by atoms with E-state index < -0.39 is 0 Å². The van der Waals surface area contributed by atoms with Gasteiger partial charge in [0, 0.05) is 13.1 Å². The summed E-state index contributed by atoms with van der Waals surface area (Å²) in [6.45, 7) is 2.20. The topological polar surface area (TPSA) is 3.24 Å². The van der Waals surface area contributed by atoms with Crippen LogP contribution in [0.25, 0.3) is 0 Å². The molecule has 0 radical (unpaired) electrons. The molecule has 0 N–H and O–H groups in total. The Morgan fingerprint density at radius 1 is 1.00 bits per heavy atom. The standard InChI is InChI=1S/C10H15N/c1-11-9-7-5-3-2-4-6-8-10-11/h2-7H,8-10H2,1H3/b3-2-,6-4+,7-5+. The normalized spacial score (nSPS) is 29.2. The fraction of sp³-hybridized carbons (Fsp3) is 0.400. The molecule has 0 aromatic carbocycles. The van der Waals surface area contributed by atoms with Crippen molar-refractivity contribution in [2.24, 2.45) is 0 Å². The summed E-state index contributed by atoms with van der Waals surface area (Å²) in [5, 5.41) is 0. The van der Waals surface area contributed by atoms with Gasteiger partial charge in [-0.05, 0) is 13.5 Å². The van der Waals surface area contributed by atoms with Crippen molar-refractivity contribution in [3.05, 3.63) is 36.5 Å². The van der Waals surface area contributed by atoms with Gasteiger partial charge >= 0.3 is 0 Å². The van der Waals surface area contributed by atoms with E-state index in [9.17, 15) is 0 Å². The minimum absolute atomic E-state index is 1.05. The van der Waals surface area contributed by atoms with Gasteiger partial charge in [0.05, 0.1) is 0 Å². The number of hydrogen-bond acceptors (Lipinski definition) is 1. The lowest BCUT2D eigenvalue weighted by Crippen LogP contribution is -2.18. The Hall–Kier alpha value is -0.820. The first-order chi connectivity index (χ1) is 5.39. The quantitative estimate of drug-likeness (QED) is 0.509. The lowest BCUT2D eigenvalue weighted by Gasteiger charge is -2.12. The fourth-order valence-corrected chi connectivity index (χ4v) is 1.01. The molecule has 0 atom stereocenters. The highest BCUT2D eigenvalue weighted by Gasteiger charge is 1.91. The number of rotatable bonds is 0. The zero-order chi connectivity index (χ0) is 7.94. The van der Waals surface area contributed by atoms with Gasteiger partial charge in [-0.15, -0.1) is 0 Å². The van der Waals surface area contributed by atoms with E-state index in [1.807, 2.05) is 0 Å². The second-order valence-electron chi connectivity index (χ2n) is 2.79. The number of likely N-dealkylation sites (N-methyl/N-ethyl adjacent to an activating group) is 1. The van der Waals surface area contributed by atoms with Crippen LogP contribution < -0.4 is 0 Å². The van der Waals surface area contributed by atoms with E-state index in [0.717, 1.165) is 19.5 Å². The molecule has 1 rings (SSSR count). The minimum Gasteiger partial charge on any atom is -0.302 e. The van der Waals surface area contributed by atoms with Gasteiger partial charge in [0.2, 0.25) is 0 Å². The smallest absolute Gasteiger partial charge is 0.0163 e. The Morgan fingerprint density at radius 2 is 1.73 bits per heavy atom. The van der Waals surface area contributed by atoms with E-state index in [1.54, 1.807) is 0 Å². The summed E-state index contributed by atoms with van der Waals surface area (Å²) in [4.78, 5) is 2.31. The van der Waals surface area contributed by atoms with E-state index in [1.165, 1.54) is 0 Å². The molecule has 0 aromatic heterocycles. The summed E-state index contributed by atoms with van der Waals surface area (Å²) >= 11 is 0. The maximum Gasteiger partial charge on any atom is 0.0163 e. The molecule has 60 valence electrons. The van der Waals surface area contributed by atoms with Crippen molar-refractivity contribution in [1.82, 2.24) is 4.90 Å². The molecule has 0 fully saturated rings. The fourth-order valence-electron chi connectivity index (χ4n) is 1.01. The van der Waals surface area contributed by atoms with Crippen LogP contribution in [0.4, 0.5) is 0 Å². The minimum atomic E-state index is 1.05.